The van der Waals surface area contributed by atoms with E-state index in [1.54, 1.807) is 0 Å². The molecule has 0 spiro atoms. The number of aryl methyl sites for hydroxylation is 1. The number of hydrogen-bond donors (Lipinski definition) is 1. The Morgan fingerprint density at radius 3 is 2.62 bits per heavy atom. The minimum absolute atomic E-state index is 0. The van der Waals surface area contributed by atoms with Crippen LogP contribution in [0.25, 0.3) is 0 Å². The maximum Gasteiger partial charge on any atom is 0.225 e. The molecule has 1 fully saturated rings. The highest BCUT2D eigenvalue weighted by atomic mass is 35.5. The number of rotatable bonds is 3. The summed E-state index contributed by atoms with van der Waals surface area (Å²) < 4.78 is 0. The summed E-state index contributed by atoms with van der Waals surface area (Å²) in [5.41, 5.74) is 7.64. The molecule has 1 saturated heterocycles. The van der Waals surface area contributed by atoms with Crippen LogP contribution in [-0.4, -0.2) is 29.6 Å². The van der Waals surface area contributed by atoms with Crippen LogP contribution in [0.4, 0.5) is 5.95 Å². The maximum absolute atomic E-state index is 5.54. The summed E-state index contributed by atoms with van der Waals surface area (Å²) in [5, 5.41) is 0. The quantitative estimate of drug-likeness (QED) is 0.869. The van der Waals surface area contributed by atoms with Gasteiger partial charge in [-0.05, 0) is 32.4 Å². The second-order valence-electron chi connectivity index (χ2n) is 4.03. The van der Waals surface area contributed by atoms with Gasteiger partial charge in [0.1, 0.15) is 0 Å². The first kappa shape index (κ1) is 13.2. The Morgan fingerprint density at radius 1 is 1.31 bits per heavy atom. The first-order valence-corrected chi connectivity index (χ1v) is 5.59. The topological polar surface area (TPSA) is 55.0 Å². The third kappa shape index (κ3) is 3.06. The third-order valence-electron chi connectivity index (χ3n) is 2.68. The molecule has 0 bridgehead atoms. The molecule has 2 heterocycles. The molecule has 1 aromatic heterocycles. The van der Waals surface area contributed by atoms with Crippen LogP contribution in [0, 0.1) is 6.92 Å². The van der Waals surface area contributed by atoms with Gasteiger partial charge in [-0.1, -0.05) is 0 Å². The van der Waals surface area contributed by atoms with Crippen molar-refractivity contribution in [2.75, 3.05) is 24.5 Å². The summed E-state index contributed by atoms with van der Waals surface area (Å²) in [6.45, 7) is 4.84. The number of nitrogens with zero attached hydrogens (tertiary/aromatic N) is 3. The molecular weight excluding hydrogens is 224 g/mol. The van der Waals surface area contributed by atoms with E-state index in [2.05, 4.69) is 14.9 Å². The van der Waals surface area contributed by atoms with E-state index < -0.39 is 0 Å². The normalized spacial score (nSPS) is 15.0. The Morgan fingerprint density at radius 2 is 2.00 bits per heavy atom. The number of nitrogens with two attached hydrogens (primary N) is 1. The summed E-state index contributed by atoms with van der Waals surface area (Å²) in [6.07, 6.45) is 3.34. The van der Waals surface area contributed by atoms with E-state index in [0.717, 1.165) is 36.8 Å². The van der Waals surface area contributed by atoms with Gasteiger partial charge in [0.15, 0.2) is 0 Å². The first-order chi connectivity index (χ1) is 7.29. The number of anilines is 1. The van der Waals surface area contributed by atoms with Crippen LogP contribution < -0.4 is 10.6 Å². The maximum atomic E-state index is 5.54. The zero-order valence-electron chi connectivity index (χ0n) is 9.65. The van der Waals surface area contributed by atoms with E-state index in [0.29, 0.717) is 6.54 Å². The molecule has 0 atom stereocenters. The molecule has 5 heteroatoms. The Labute approximate surface area is 103 Å². The van der Waals surface area contributed by atoms with Gasteiger partial charge < -0.3 is 10.6 Å². The van der Waals surface area contributed by atoms with Gasteiger partial charge in [-0.15, -0.1) is 12.4 Å². The van der Waals surface area contributed by atoms with Crippen LogP contribution in [0.15, 0.2) is 6.07 Å². The van der Waals surface area contributed by atoms with Gasteiger partial charge in [-0.3, -0.25) is 0 Å². The highest BCUT2D eigenvalue weighted by Crippen LogP contribution is 2.16. The summed E-state index contributed by atoms with van der Waals surface area (Å²) in [6, 6.07) is 2.02. The molecule has 4 nitrogen and oxygen atoms in total. The number of aromatic nitrogens is 2. The Kier molecular flexibility index (Phi) is 4.96. The summed E-state index contributed by atoms with van der Waals surface area (Å²) >= 11 is 0. The van der Waals surface area contributed by atoms with E-state index >= 15 is 0 Å². The average Bonchev–Trinajstić information content (AvgIpc) is 2.70. The molecule has 1 aliphatic heterocycles. The lowest BCUT2D eigenvalue weighted by molar-refractivity contribution is 0.845. The van der Waals surface area contributed by atoms with Gasteiger partial charge >= 0.3 is 0 Å². The van der Waals surface area contributed by atoms with Crippen molar-refractivity contribution in [3.8, 4) is 0 Å². The van der Waals surface area contributed by atoms with E-state index in [9.17, 15) is 0 Å². The van der Waals surface area contributed by atoms with Crippen molar-refractivity contribution in [1.82, 2.24) is 9.97 Å². The van der Waals surface area contributed by atoms with Gasteiger partial charge in [-0.25, -0.2) is 9.97 Å². The molecule has 0 saturated carbocycles. The molecule has 0 radical (unpaired) electrons. The predicted molar refractivity (Wildman–Crippen MR) is 68.2 cm³/mol. The molecule has 1 aromatic rings. The summed E-state index contributed by atoms with van der Waals surface area (Å²) in [5.74, 6) is 0.885. The fourth-order valence-corrected chi connectivity index (χ4v) is 1.95. The predicted octanol–water partition coefficient (Wildman–Crippen LogP) is 1.31. The molecule has 16 heavy (non-hydrogen) atoms. The Hall–Kier alpha value is -0.870. The minimum Gasteiger partial charge on any atom is -0.341 e. The lowest BCUT2D eigenvalue weighted by atomic mass is 10.2. The van der Waals surface area contributed by atoms with Crippen LogP contribution in [-0.2, 0) is 6.42 Å². The van der Waals surface area contributed by atoms with Crippen molar-refractivity contribution in [1.29, 1.82) is 0 Å². The first-order valence-electron chi connectivity index (χ1n) is 5.59. The van der Waals surface area contributed by atoms with Crippen LogP contribution >= 0.6 is 12.4 Å². The van der Waals surface area contributed by atoms with Crippen LogP contribution in [0.2, 0.25) is 0 Å². The average molecular weight is 243 g/mol. The lowest BCUT2D eigenvalue weighted by Crippen LogP contribution is -2.21. The Bertz CT molecular complexity index is 337. The number of halogens is 1. The second kappa shape index (κ2) is 6.01. The molecule has 0 aromatic carbocycles. The minimum atomic E-state index is 0. The van der Waals surface area contributed by atoms with Crippen molar-refractivity contribution in [3.63, 3.8) is 0 Å². The standard InChI is InChI=1S/C11H18N4.ClH/c1-9-8-10(4-5-12)14-11(13-9)15-6-2-3-7-15;/h8H,2-7,12H2,1H3;1H. The monoisotopic (exact) mass is 242 g/mol. The largest absolute Gasteiger partial charge is 0.341 e. The molecule has 0 amide bonds. The second-order valence-corrected chi connectivity index (χ2v) is 4.03. The number of hydrogen-bond acceptors (Lipinski definition) is 4. The Balaban J connectivity index is 0.00000128. The van der Waals surface area contributed by atoms with Gasteiger partial charge in [0.25, 0.3) is 0 Å². The molecule has 90 valence electrons. The van der Waals surface area contributed by atoms with Crippen molar-refractivity contribution in [3.05, 3.63) is 17.5 Å². The van der Waals surface area contributed by atoms with E-state index in [4.69, 9.17) is 5.73 Å². The fourth-order valence-electron chi connectivity index (χ4n) is 1.95. The summed E-state index contributed by atoms with van der Waals surface area (Å²) in [4.78, 5) is 11.3. The van der Waals surface area contributed by atoms with E-state index in [-0.39, 0.29) is 12.4 Å². The van der Waals surface area contributed by atoms with Crippen molar-refractivity contribution >= 4 is 18.4 Å². The third-order valence-corrected chi connectivity index (χ3v) is 2.68. The van der Waals surface area contributed by atoms with E-state index in [1.165, 1.54) is 12.8 Å². The van der Waals surface area contributed by atoms with Crippen LogP contribution in [0.3, 0.4) is 0 Å². The molecule has 2 rings (SSSR count). The molecule has 0 aliphatic carbocycles. The van der Waals surface area contributed by atoms with Crippen molar-refractivity contribution in [2.24, 2.45) is 5.73 Å². The van der Waals surface area contributed by atoms with Crippen molar-refractivity contribution < 1.29 is 0 Å². The molecule has 2 N–H and O–H groups in total. The highest BCUT2D eigenvalue weighted by Gasteiger charge is 2.15. The van der Waals surface area contributed by atoms with Gasteiger partial charge in [0.05, 0.1) is 0 Å². The van der Waals surface area contributed by atoms with Gasteiger partial charge in [0, 0.05) is 30.9 Å². The van der Waals surface area contributed by atoms with Gasteiger partial charge in [0.2, 0.25) is 5.95 Å². The highest BCUT2D eigenvalue weighted by molar-refractivity contribution is 5.85. The molecule has 0 unspecified atom stereocenters. The van der Waals surface area contributed by atoms with E-state index in [1.807, 2.05) is 13.0 Å². The SMILES string of the molecule is Cc1cc(CCN)nc(N2CCCC2)n1.Cl. The van der Waals surface area contributed by atoms with Crippen molar-refractivity contribution in [2.45, 2.75) is 26.2 Å². The zero-order valence-corrected chi connectivity index (χ0v) is 10.5. The van der Waals surface area contributed by atoms with Crippen LogP contribution in [0.1, 0.15) is 24.2 Å². The summed E-state index contributed by atoms with van der Waals surface area (Å²) in [7, 11) is 0. The fraction of sp³-hybridized carbons (Fsp3) is 0.636. The van der Waals surface area contributed by atoms with Crippen LogP contribution in [0.5, 0.6) is 0 Å². The molecule has 1 aliphatic rings. The lowest BCUT2D eigenvalue weighted by Gasteiger charge is -2.16. The molecular formula is C11H19ClN4. The van der Waals surface area contributed by atoms with Gasteiger partial charge in [-0.2, -0.15) is 0 Å². The smallest absolute Gasteiger partial charge is 0.225 e. The zero-order chi connectivity index (χ0) is 10.7.